The number of rotatable bonds is 5. The van der Waals surface area contributed by atoms with Gasteiger partial charge in [0, 0.05) is 43.5 Å². The molecule has 0 spiro atoms. The molecule has 1 aromatic heterocycles. The lowest BCUT2D eigenvalue weighted by atomic mass is 9.74. The average molecular weight is 410 g/mol. The summed E-state index contributed by atoms with van der Waals surface area (Å²) < 4.78 is 5.50. The molecule has 1 aliphatic heterocycles. The first-order valence-electron chi connectivity index (χ1n) is 10.9. The second-order valence-electron chi connectivity index (χ2n) is 8.43. The molecule has 1 saturated heterocycles. The second kappa shape index (κ2) is 9.69. The number of pyridine rings is 1. The first-order valence-corrected chi connectivity index (χ1v) is 10.9. The van der Waals surface area contributed by atoms with Gasteiger partial charge in [-0.3, -0.25) is 14.7 Å². The lowest BCUT2D eigenvalue weighted by Gasteiger charge is -2.37. The van der Waals surface area contributed by atoms with E-state index in [-0.39, 0.29) is 23.5 Å². The van der Waals surface area contributed by atoms with Crippen LogP contribution in [0.1, 0.15) is 41.6 Å². The molecular weight excluding hydrogens is 378 g/mol. The summed E-state index contributed by atoms with van der Waals surface area (Å²) in [6.07, 6.45) is 6.29. The number of morpholine rings is 1. The van der Waals surface area contributed by atoms with Crippen LogP contribution in [0.15, 0.2) is 54.9 Å². The third kappa shape index (κ3) is 4.72. The summed E-state index contributed by atoms with van der Waals surface area (Å²) in [7, 11) is 0. The number of carbonyl (C=O) groups excluding carboxylic acids is 1. The van der Waals surface area contributed by atoms with Crippen LogP contribution in [0.3, 0.4) is 0 Å². The standard InChI is InChI=1S/C24H31N3O3/c28-22-9-11-24(20-6-2-1-3-7-20,10-8-21(22)27-13-15-30-16-14-27)18-26-23(29)19-5-4-12-25-17-19/h1-7,12,17,21-22,28H,8-11,13-16,18H2,(H,26,29)/t21-,22-,24+/m0/s1. The molecule has 2 aromatic rings. The number of benzene rings is 1. The number of nitrogens with zero attached hydrogens (tertiary/aromatic N) is 2. The van der Waals surface area contributed by atoms with E-state index in [4.69, 9.17) is 4.74 Å². The Bertz CT molecular complexity index is 811. The van der Waals surface area contributed by atoms with Gasteiger partial charge in [0.1, 0.15) is 0 Å². The third-order valence-electron chi connectivity index (χ3n) is 6.69. The molecule has 30 heavy (non-hydrogen) atoms. The maximum Gasteiger partial charge on any atom is 0.252 e. The quantitative estimate of drug-likeness (QED) is 0.742. The molecule has 6 heteroatoms. The van der Waals surface area contributed by atoms with Gasteiger partial charge in [-0.05, 0) is 43.4 Å². The van der Waals surface area contributed by atoms with E-state index in [2.05, 4.69) is 39.5 Å². The van der Waals surface area contributed by atoms with E-state index < -0.39 is 0 Å². The van der Waals surface area contributed by atoms with Crippen molar-refractivity contribution in [3.63, 3.8) is 0 Å². The number of hydrogen-bond donors (Lipinski definition) is 2. The Hall–Kier alpha value is -2.28. The van der Waals surface area contributed by atoms with E-state index in [0.29, 0.717) is 12.1 Å². The van der Waals surface area contributed by atoms with Crippen molar-refractivity contribution in [2.24, 2.45) is 0 Å². The van der Waals surface area contributed by atoms with Crippen LogP contribution >= 0.6 is 0 Å². The largest absolute Gasteiger partial charge is 0.391 e. The van der Waals surface area contributed by atoms with Gasteiger partial charge in [-0.1, -0.05) is 30.3 Å². The zero-order valence-electron chi connectivity index (χ0n) is 17.4. The number of ether oxygens (including phenoxy) is 1. The number of aromatic nitrogens is 1. The lowest BCUT2D eigenvalue weighted by molar-refractivity contribution is -0.0236. The number of carbonyl (C=O) groups is 1. The van der Waals surface area contributed by atoms with Crippen molar-refractivity contribution < 1.29 is 14.6 Å². The minimum Gasteiger partial charge on any atom is -0.391 e. The molecule has 2 aliphatic rings. The summed E-state index contributed by atoms with van der Waals surface area (Å²) in [6.45, 7) is 3.76. The molecule has 0 radical (unpaired) electrons. The molecule has 160 valence electrons. The highest BCUT2D eigenvalue weighted by Crippen LogP contribution is 2.39. The molecule has 1 aliphatic carbocycles. The van der Waals surface area contributed by atoms with Crippen LogP contribution in [0, 0.1) is 0 Å². The highest BCUT2D eigenvalue weighted by atomic mass is 16.5. The molecule has 0 unspecified atom stereocenters. The van der Waals surface area contributed by atoms with Crippen LogP contribution in [0.2, 0.25) is 0 Å². The number of hydrogen-bond acceptors (Lipinski definition) is 5. The minimum atomic E-state index is -0.359. The monoisotopic (exact) mass is 409 g/mol. The average Bonchev–Trinajstić information content (AvgIpc) is 2.99. The highest BCUT2D eigenvalue weighted by Gasteiger charge is 2.40. The van der Waals surface area contributed by atoms with Crippen LogP contribution < -0.4 is 5.32 Å². The summed E-state index contributed by atoms with van der Waals surface area (Å²) in [5.41, 5.74) is 1.60. The van der Waals surface area contributed by atoms with Gasteiger partial charge in [0.2, 0.25) is 0 Å². The molecule has 1 saturated carbocycles. The third-order valence-corrected chi connectivity index (χ3v) is 6.69. The zero-order valence-corrected chi connectivity index (χ0v) is 17.4. The van der Waals surface area contributed by atoms with Gasteiger partial charge in [-0.25, -0.2) is 0 Å². The molecule has 1 amide bonds. The number of aliphatic hydroxyl groups excluding tert-OH is 1. The zero-order chi connectivity index (χ0) is 20.8. The summed E-state index contributed by atoms with van der Waals surface area (Å²) in [5.74, 6) is -0.104. The Morgan fingerprint density at radius 1 is 1.13 bits per heavy atom. The SMILES string of the molecule is O=C(NC[C@]1(c2ccccc2)CC[C@H](O)[C@@H](N2CCOCC2)CC1)c1cccnc1. The van der Waals surface area contributed by atoms with Gasteiger partial charge in [-0.2, -0.15) is 0 Å². The van der Waals surface area contributed by atoms with Crippen LogP contribution in [0.25, 0.3) is 0 Å². The Morgan fingerprint density at radius 3 is 2.63 bits per heavy atom. The van der Waals surface area contributed by atoms with E-state index in [1.807, 2.05) is 6.07 Å². The van der Waals surface area contributed by atoms with Crippen molar-refractivity contribution in [3.05, 3.63) is 66.0 Å². The fraction of sp³-hybridized carbons (Fsp3) is 0.500. The van der Waals surface area contributed by atoms with Crippen LogP contribution in [0.5, 0.6) is 0 Å². The van der Waals surface area contributed by atoms with E-state index in [1.165, 1.54) is 5.56 Å². The summed E-state index contributed by atoms with van der Waals surface area (Å²) in [5, 5.41) is 14.1. The predicted molar refractivity (Wildman–Crippen MR) is 115 cm³/mol. The Kier molecular flexibility index (Phi) is 6.77. The van der Waals surface area contributed by atoms with E-state index in [1.54, 1.807) is 24.5 Å². The lowest BCUT2D eigenvalue weighted by Crippen LogP contribution is -2.48. The summed E-state index contributed by atoms with van der Waals surface area (Å²) in [4.78, 5) is 19.1. The maximum atomic E-state index is 12.7. The topological polar surface area (TPSA) is 74.7 Å². The van der Waals surface area contributed by atoms with Gasteiger partial charge in [-0.15, -0.1) is 0 Å². The molecule has 2 N–H and O–H groups in total. The minimum absolute atomic E-state index is 0.104. The fourth-order valence-corrected chi connectivity index (χ4v) is 4.90. The summed E-state index contributed by atoms with van der Waals surface area (Å²) in [6, 6.07) is 14.1. The Balaban J connectivity index is 1.53. The van der Waals surface area contributed by atoms with Crippen molar-refractivity contribution in [3.8, 4) is 0 Å². The van der Waals surface area contributed by atoms with Crippen LogP contribution in [-0.2, 0) is 10.2 Å². The van der Waals surface area contributed by atoms with E-state index in [0.717, 1.165) is 52.0 Å². The fourth-order valence-electron chi connectivity index (χ4n) is 4.90. The maximum absolute atomic E-state index is 12.7. The number of nitrogens with one attached hydrogen (secondary N) is 1. The normalized spacial score (nSPS) is 27.9. The van der Waals surface area contributed by atoms with Crippen molar-refractivity contribution >= 4 is 5.91 Å². The molecule has 3 atom stereocenters. The molecule has 0 bridgehead atoms. The van der Waals surface area contributed by atoms with E-state index >= 15 is 0 Å². The second-order valence-corrected chi connectivity index (χ2v) is 8.43. The summed E-state index contributed by atoms with van der Waals surface area (Å²) >= 11 is 0. The van der Waals surface area contributed by atoms with E-state index in [9.17, 15) is 9.90 Å². The molecule has 6 nitrogen and oxygen atoms in total. The van der Waals surface area contributed by atoms with Gasteiger partial charge >= 0.3 is 0 Å². The molecular formula is C24H31N3O3. The van der Waals surface area contributed by atoms with Gasteiger partial charge in [0.05, 0.1) is 24.9 Å². The highest BCUT2D eigenvalue weighted by molar-refractivity contribution is 5.93. The predicted octanol–water partition coefficient (Wildman–Crippen LogP) is 2.39. The van der Waals surface area contributed by atoms with Gasteiger partial charge in [0.15, 0.2) is 0 Å². The first-order chi connectivity index (χ1) is 14.7. The Labute approximate surface area is 178 Å². The van der Waals surface area contributed by atoms with Crippen molar-refractivity contribution in [2.75, 3.05) is 32.8 Å². The Morgan fingerprint density at radius 2 is 1.90 bits per heavy atom. The molecule has 4 rings (SSSR count). The van der Waals surface area contributed by atoms with Crippen molar-refractivity contribution in [1.82, 2.24) is 15.2 Å². The smallest absolute Gasteiger partial charge is 0.252 e. The molecule has 2 fully saturated rings. The number of amides is 1. The van der Waals surface area contributed by atoms with Crippen LogP contribution in [-0.4, -0.2) is 65.9 Å². The molecule has 1 aromatic carbocycles. The van der Waals surface area contributed by atoms with Crippen LogP contribution in [0.4, 0.5) is 0 Å². The number of aliphatic hydroxyl groups is 1. The first kappa shape index (κ1) is 21.0. The van der Waals surface area contributed by atoms with Crippen molar-refractivity contribution in [1.29, 1.82) is 0 Å². The van der Waals surface area contributed by atoms with Crippen molar-refractivity contribution in [2.45, 2.75) is 43.2 Å². The van der Waals surface area contributed by atoms with Gasteiger partial charge < -0.3 is 15.2 Å². The van der Waals surface area contributed by atoms with Gasteiger partial charge in [0.25, 0.3) is 5.91 Å². The molecule has 2 heterocycles.